The van der Waals surface area contributed by atoms with E-state index >= 15 is 0 Å². The molecule has 1 unspecified atom stereocenters. The van der Waals surface area contributed by atoms with E-state index in [1.165, 1.54) is 43.5 Å². The Kier molecular flexibility index (Phi) is 6.84. The number of amides is 1. The molecule has 26 heavy (non-hydrogen) atoms. The molecular formula is C18H21FN2O4S. The van der Waals surface area contributed by atoms with Gasteiger partial charge in [-0.15, -0.1) is 0 Å². The van der Waals surface area contributed by atoms with Gasteiger partial charge >= 0.3 is 0 Å². The highest BCUT2D eigenvalue weighted by molar-refractivity contribution is 7.89. The molecule has 2 N–H and O–H groups in total. The Labute approximate surface area is 152 Å². The molecule has 1 atom stereocenters. The standard InChI is InChI=1S/C18H21FN2O4S/c1-13(12-25-2)21-26(23,24)16-9-7-15(8-10-16)20-18(22)11-14-5-3-4-6-17(14)19/h3-10,13,21H,11-12H2,1-2H3,(H,20,22). The first-order valence-corrected chi connectivity index (χ1v) is 9.44. The van der Waals surface area contributed by atoms with E-state index in [9.17, 15) is 17.6 Å². The van der Waals surface area contributed by atoms with Crippen molar-refractivity contribution in [1.82, 2.24) is 4.72 Å². The minimum Gasteiger partial charge on any atom is -0.383 e. The van der Waals surface area contributed by atoms with Crippen LogP contribution in [0.2, 0.25) is 0 Å². The SMILES string of the molecule is COCC(C)NS(=O)(=O)c1ccc(NC(=O)Cc2ccccc2F)cc1. The first-order chi connectivity index (χ1) is 12.3. The second-order valence-corrected chi connectivity index (χ2v) is 7.53. The molecule has 0 bridgehead atoms. The number of nitrogens with one attached hydrogen (secondary N) is 2. The minimum atomic E-state index is -3.67. The van der Waals surface area contributed by atoms with Crippen molar-refractivity contribution in [3.63, 3.8) is 0 Å². The minimum absolute atomic E-state index is 0.0764. The van der Waals surface area contributed by atoms with Gasteiger partial charge in [0.25, 0.3) is 0 Å². The predicted molar refractivity (Wildman–Crippen MR) is 96.8 cm³/mol. The summed E-state index contributed by atoms with van der Waals surface area (Å²) < 4.78 is 45.4. The number of halogens is 1. The van der Waals surface area contributed by atoms with Crippen LogP contribution in [0.4, 0.5) is 10.1 Å². The molecule has 0 aromatic heterocycles. The largest absolute Gasteiger partial charge is 0.383 e. The number of carbonyl (C=O) groups is 1. The Hall–Kier alpha value is -2.29. The van der Waals surface area contributed by atoms with Gasteiger partial charge in [0.1, 0.15) is 5.82 Å². The first kappa shape index (κ1) is 20.0. The molecule has 0 fully saturated rings. The molecule has 0 heterocycles. The molecule has 2 aromatic carbocycles. The van der Waals surface area contributed by atoms with Crippen LogP contribution in [0.15, 0.2) is 53.4 Å². The number of ether oxygens (including phenoxy) is 1. The van der Waals surface area contributed by atoms with Crippen LogP contribution < -0.4 is 10.0 Å². The fraction of sp³-hybridized carbons (Fsp3) is 0.278. The molecule has 1 amide bonds. The maximum Gasteiger partial charge on any atom is 0.240 e. The summed E-state index contributed by atoms with van der Waals surface area (Å²) in [6.07, 6.45) is -0.108. The van der Waals surface area contributed by atoms with Crippen LogP contribution in [0, 0.1) is 5.82 Å². The van der Waals surface area contributed by atoms with Gasteiger partial charge in [-0.05, 0) is 42.8 Å². The van der Waals surface area contributed by atoms with Crippen molar-refractivity contribution in [2.24, 2.45) is 0 Å². The number of benzene rings is 2. The number of sulfonamides is 1. The smallest absolute Gasteiger partial charge is 0.240 e. The number of carbonyl (C=O) groups excluding carboxylic acids is 1. The monoisotopic (exact) mass is 380 g/mol. The van der Waals surface area contributed by atoms with Crippen LogP contribution in [0.3, 0.4) is 0 Å². The molecule has 2 aromatic rings. The summed E-state index contributed by atoms with van der Waals surface area (Å²) >= 11 is 0. The van der Waals surface area contributed by atoms with Gasteiger partial charge in [-0.2, -0.15) is 0 Å². The van der Waals surface area contributed by atoms with E-state index in [-0.39, 0.29) is 24.0 Å². The van der Waals surface area contributed by atoms with Crippen molar-refractivity contribution < 1.29 is 22.3 Å². The molecule has 0 aliphatic carbocycles. The fourth-order valence-electron chi connectivity index (χ4n) is 2.35. The zero-order valence-corrected chi connectivity index (χ0v) is 15.3. The third-order valence-corrected chi connectivity index (χ3v) is 5.14. The Morgan fingerprint density at radius 3 is 2.42 bits per heavy atom. The zero-order chi connectivity index (χ0) is 19.2. The molecule has 0 spiro atoms. The summed E-state index contributed by atoms with van der Waals surface area (Å²) in [6.45, 7) is 1.95. The van der Waals surface area contributed by atoms with E-state index in [2.05, 4.69) is 10.0 Å². The van der Waals surface area contributed by atoms with Crippen molar-refractivity contribution in [2.75, 3.05) is 19.0 Å². The third kappa shape index (κ3) is 5.62. The molecule has 8 heteroatoms. The molecular weight excluding hydrogens is 359 g/mol. The van der Waals surface area contributed by atoms with Gasteiger partial charge in [0.2, 0.25) is 15.9 Å². The van der Waals surface area contributed by atoms with Crippen LogP contribution in [0.5, 0.6) is 0 Å². The van der Waals surface area contributed by atoms with E-state index in [1.54, 1.807) is 19.1 Å². The summed E-state index contributed by atoms with van der Waals surface area (Å²) in [5.74, 6) is -0.835. The van der Waals surface area contributed by atoms with Crippen molar-refractivity contribution in [3.05, 3.63) is 59.9 Å². The second kappa shape index (κ2) is 8.88. The third-order valence-electron chi connectivity index (χ3n) is 3.53. The highest BCUT2D eigenvalue weighted by Gasteiger charge is 2.17. The first-order valence-electron chi connectivity index (χ1n) is 7.96. The topological polar surface area (TPSA) is 84.5 Å². The number of hydrogen-bond acceptors (Lipinski definition) is 4. The number of hydrogen-bond donors (Lipinski definition) is 2. The lowest BCUT2D eigenvalue weighted by molar-refractivity contribution is -0.115. The Morgan fingerprint density at radius 1 is 1.15 bits per heavy atom. The highest BCUT2D eigenvalue weighted by atomic mass is 32.2. The summed E-state index contributed by atoms with van der Waals surface area (Å²) in [5.41, 5.74) is 0.718. The van der Waals surface area contributed by atoms with Crippen molar-refractivity contribution >= 4 is 21.6 Å². The molecule has 2 rings (SSSR count). The van der Waals surface area contributed by atoms with E-state index in [1.807, 2.05) is 0 Å². The molecule has 140 valence electrons. The van der Waals surface area contributed by atoms with E-state index in [0.29, 0.717) is 11.3 Å². The van der Waals surface area contributed by atoms with Gasteiger partial charge in [-0.25, -0.2) is 17.5 Å². The zero-order valence-electron chi connectivity index (χ0n) is 14.5. The lowest BCUT2D eigenvalue weighted by atomic mass is 10.1. The lowest BCUT2D eigenvalue weighted by Crippen LogP contribution is -2.35. The summed E-state index contributed by atoms with van der Waals surface area (Å²) in [4.78, 5) is 12.1. The number of anilines is 1. The van der Waals surface area contributed by atoms with Crippen molar-refractivity contribution in [2.45, 2.75) is 24.3 Å². The Balaban J connectivity index is 2.01. The molecule has 0 radical (unpaired) electrons. The van der Waals surface area contributed by atoms with Crippen LogP contribution in [-0.2, 0) is 26.0 Å². The van der Waals surface area contributed by atoms with Crippen LogP contribution in [0.1, 0.15) is 12.5 Å². The Bertz CT molecular complexity index is 854. The summed E-state index contributed by atoms with van der Waals surface area (Å²) in [7, 11) is -2.18. The van der Waals surface area contributed by atoms with Gasteiger partial charge < -0.3 is 10.1 Å². The number of methoxy groups -OCH3 is 1. The van der Waals surface area contributed by atoms with Crippen molar-refractivity contribution in [1.29, 1.82) is 0 Å². The van der Waals surface area contributed by atoms with Crippen molar-refractivity contribution in [3.8, 4) is 0 Å². The van der Waals surface area contributed by atoms with Crippen LogP contribution in [-0.4, -0.2) is 34.1 Å². The van der Waals surface area contributed by atoms with Gasteiger partial charge in [-0.1, -0.05) is 18.2 Å². The van der Waals surface area contributed by atoms with Gasteiger partial charge in [0, 0.05) is 18.8 Å². The molecule has 0 aliphatic rings. The quantitative estimate of drug-likeness (QED) is 0.736. The molecule has 0 saturated heterocycles. The van der Waals surface area contributed by atoms with Crippen LogP contribution >= 0.6 is 0 Å². The van der Waals surface area contributed by atoms with E-state index in [4.69, 9.17) is 4.74 Å². The van der Waals surface area contributed by atoms with Crippen LogP contribution in [0.25, 0.3) is 0 Å². The molecule has 6 nitrogen and oxygen atoms in total. The summed E-state index contributed by atoms with van der Waals surface area (Å²) in [5, 5.41) is 2.62. The molecule has 0 saturated carbocycles. The molecule has 0 aliphatic heterocycles. The average Bonchev–Trinajstić information content (AvgIpc) is 2.57. The van der Waals surface area contributed by atoms with E-state index < -0.39 is 21.7 Å². The van der Waals surface area contributed by atoms with Gasteiger partial charge in [-0.3, -0.25) is 4.79 Å². The average molecular weight is 380 g/mol. The predicted octanol–water partition coefficient (Wildman–Crippen LogP) is 2.32. The maximum atomic E-state index is 13.6. The number of rotatable bonds is 8. The second-order valence-electron chi connectivity index (χ2n) is 5.82. The van der Waals surface area contributed by atoms with Gasteiger partial charge in [0.15, 0.2) is 0 Å². The summed E-state index contributed by atoms with van der Waals surface area (Å²) in [6, 6.07) is 11.4. The normalized spacial score (nSPS) is 12.6. The fourth-order valence-corrected chi connectivity index (χ4v) is 3.58. The lowest BCUT2D eigenvalue weighted by Gasteiger charge is -2.13. The highest BCUT2D eigenvalue weighted by Crippen LogP contribution is 2.15. The maximum absolute atomic E-state index is 13.6. The Morgan fingerprint density at radius 2 is 1.81 bits per heavy atom. The van der Waals surface area contributed by atoms with Gasteiger partial charge in [0.05, 0.1) is 17.9 Å². The van der Waals surface area contributed by atoms with E-state index in [0.717, 1.165) is 0 Å².